The van der Waals surface area contributed by atoms with Crippen molar-refractivity contribution in [2.24, 2.45) is 5.92 Å². The van der Waals surface area contributed by atoms with E-state index < -0.39 is 5.97 Å². The Hall–Kier alpha value is -1.91. The van der Waals surface area contributed by atoms with Crippen LogP contribution in [0.4, 0.5) is 0 Å². The molecular weight excluding hydrogens is 218 g/mol. The third kappa shape index (κ3) is 1.67. The molecule has 88 valence electrons. The fraction of sp³-hybridized carbons (Fsp3) is 0.417. The molecule has 0 atom stereocenters. The van der Waals surface area contributed by atoms with Crippen molar-refractivity contribution < 1.29 is 9.90 Å². The van der Waals surface area contributed by atoms with Gasteiger partial charge in [0.25, 0.3) is 0 Å². The number of fused-ring (bicyclic) bond motifs is 1. The monoisotopic (exact) mass is 231 g/mol. The molecule has 0 unspecified atom stereocenters. The molecule has 1 aromatic carbocycles. The number of rotatable bonds is 3. The maximum absolute atomic E-state index is 11.0. The average molecular weight is 231 g/mol. The van der Waals surface area contributed by atoms with E-state index in [1.54, 1.807) is 12.1 Å². The smallest absolute Gasteiger partial charge is 0.338 e. The molecule has 5 nitrogen and oxygen atoms in total. The topological polar surface area (TPSA) is 68.0 Å². The van der Waals surface area contributed by atoms with E-state index in [-0.39, 0.29) is 5.56 Å². The molecule has 2 aromatic rings. The number of nitrogens with zero attached hydrogens (tertiary/aromatic N) is 3. The molecule has 1 saturated carbocycles. The number of hydrogen-bond donors (Lipinski definition) is 1. The van der Waals surface area contributed by atoms with E-state index in [2.05, 4.69) is 10.3 Å². The van der Waals surface area contributed by atoms with Crippen LogP contribution in [0.25, 0.3) is 11.0 Å². The van der Waals surface area contributed by atoms with E-state index >= 15 is 0 Å². The van der Waals surface area contributed by atoms with Crippen LogP contribution in [0.15, 0.2) is 18.2 Å². The van der Waals surface area contributed by atoms with Crippen LogP contribution in [-0.4, -0.2) is 26.1 Å². The first-order chi connectivity index (χ1) is 8.25. The van der Waals surface area contributed by atoms with Crippen molar-refractivity contribution >= 4 is 17.0 Å². The van der Waals surface area contributed by atoms with Crippen molar-refractivity contribution in [2.45, 2.75) is 25.8 Å². The van der Waals surface area contributed by atoms with Gasteiger partial charge in [-0.05, 0) is 30.9 Å². The van der Waals surface area contributed by atoms with Gasteiger partial charge in [-0.1, -0.05) is 17.7 Å². The van der Waals surface area contributed by atoms with Crippen molar-refractivity contribution in [3.63, 3.8) is 0 Å². The molecule has 0 amide bonds. The second-order valence-electron chi connectivity index (χ2n) is 4.55. The minimum atomic E-state index is -0.953. The lowest BCUT2D eigenvalue weighted by Gasteiger charge is -2.24. The van der Waals surface area contributed by atoms with E-state index in [9.17, 15) is 4.79 Å². The zero-order valence-corrected chi connectivity index (χ0v) is 9.33. The number of aromatic carboxylic acids is 1. The molecule has 1 fully saturated rings. The molecule has 17 heavy (non-hydrogen) atoms. The van der Waals surface area contributed by atoms with E-state index in [0.29, 0.717) is 11.4 Å². The van der Waals surface area contributed by atoms with Crippen LogP contribution in [0.5, 0.6) is 0 Å². The summed E-state index contributed by atoms with van der Waals surface area (Å²) in [4.78, 5) is 11.0. The van der Waals surface area contributed by atoms with Gasteiger partial charge in [-0.15, -0.1) is 5.10 Å². The highest BCUT2D eigenvalue weighted by molar-refractivity contribution is 6.00. The Bertz CT molecular complexity index is 572. The Kier molecular flexibility index (Phi) is 2.31. The fourth-order valence-corrected chi connectivity index (χ4v) is 2.22. The summed E-state index contributed by atoms with van der Waals surface area (Å²) in [5, 5.41) is 17.1. The zero-order chi connectivity index (χ0) is 11.8. The van der Waals surface area contributed by atoms with E-state index in [4.69, 9.17) is 5.11 Å². The summed E-state index contributed by atoms with van der Waals surface area (Å²) in [6.07, 6.45) is 3.76. The van der Waals surface area contributed by atoms with Crippen LogP contribution >= 0.6 is 0 Å². The van der Waals surface area contributed by atoms with Gasteiger partial charge in [-0.25, -0.2) is 9.48 Å². The van der Waals surface area contributed by atoms with E-state index in [1.807, 2.05) is 10.7 Å². The molecule has 3 rings (SSSR count). The third-order valence-electron chi connectivity index (χ3n) is 3.43. The third-order valence-corrected chi connectivity index (χ3v) is 3.43. The Balaban J connectivity index is 2.03. The van der Waals surface area contributed by atoms with Gasteiger partial charge in [0.05, 0.1) is 11.1 Å². The van der Waals surface area contributed by atoms with Crippen LogP contribution in [0.1, 0.15) is 29.6 Å². The number of carbonyl (C=O) groups is 1. The maximum atomic E-state index is 11.0. The SMILES string of the molecule is O=C(O)c1cccc2c1nnn2CC1CCC1. The minimum absolute atomic E-state index is 0.224. The van der Waals surface area contributed by atoms with Gasteiger partial charge in [-0.2, -0.15) is 0 Å². The van der Waals surface area contributed by atoms with Gasteiger partial charge >= 0.3 is 5.97 Å². The molecule has 1 aromatic heterocycles. The van der Waals surface area contributed by atoms with Crippen LogP contribution in [0.3, 0.4) is 0 Å². The Labute approximate surface area is 98.0 Å². The van der Waals surface area contributed by atoms with Crippen molar-refractivity contribution in [2.75, 3.05) is 0 Å². The average Bonchev–Trinajstić information content (AvgIpc) is 2.66. The van der Waals surface area contributed by atoms with Crippen LogP contribution in [-0.2, 0) is 6.54 Å². The predicted molar refractivity (Wildman–Crippen MR) is 61.8 cm³/mol. The standard InChI is InChI=1S/C12H13N3O2/c16-12(17)9-5-2-6-10-11(9)13-14-15(10)7-8-3-1-4-8/h2,5-6,8H,1,3-4,7H2,(H,16,17). The maximum Gasteiger partial charge on any atom is 0.338 e. The highest BCUT2D eigenvalue weighted by Gasteiger charge is 2.20. The highest BCUT2D eigenvalue weighted by atomic mass is 16.4. The normalized spacial score (nSPS) is 16.0. The van der Waals surface area contributed by atoms with E-state index in [0.717, 1.165) is 12.1 Å². The number of hydrogen-bond acceptors (Lipinski definition) is 3. The Morgan fingerprint density at radius 2 is 2.29 bits per heavy atom. The highest BCUT2D eigenvalue weighted by Crippen LogP contribution is 2.28. The molecule has 0 bridgehead atoms. The first-order valence-electron chi connectivity index (χ1n) is 5.81. The molecule has 1 N–H and O–H groups in total. The van der Waals surface area contributed by atoms with Crippen molar-refractivity contribution in [3.05, 3.63) is 23.8 Å². The number of benzene rings is 1. The number of carboxylic acid groups (broad SMARTS) is 1. The van der Waals surface area contributed by atoms with Gasteiger partial charge in [-0.3, -0.25) is 0 Å². The van der Waals surface area contributed by atoms with Gasteiger partial charge in [0.1, 0.15) is 5.52 Å². The first-order valence-corrected chi connectivity index (χ1v) is 5.81. The Morgan fingerprint density at radius 1 is 1.47 bits per heavy atom. The van der Waals surface area contributed by atoms with E-state index in [1.165, 1.54) is 19.3 Å². The molecule has 1 aliphatic rings. The lowest BCUT2D eigenvalue weighted by molar-refractivity contribution is 0.0699. The lowest BCUT2D eigenvalue weighted by atomic mass is 9.85. The van der Waals surface area contributed by atoms with Crippen LogP contribution in [0, 0.1) is 5.92 Å². The molecule has 0 saturated heterocycles. The van der Waals surface area contributed by atoms with Crippen LogP contribution in [0.2, 0.25) is 0 Å². The minimum Gasteiger partial charge on any atom is -0.478 e. The molecule has 0 aliphatic heterocycles. The summed E-state index contributed by atoms with van der Waals surface area (Å²) < 4.78 is 1.82. The van der Waals surface area contributed by atoms with Crippen molar-refractivity contribution in [1.82, 2.24) is 15.0 Å². The quantitative estimate of drug-likeness (QED) is 0.876. The zero-order valence-electron chi connectivity index (χ0n) is 9.33. The van der Waals surface area contributed by atoms with Gasteiger partial charge in [0.15, 0.2) is 0 Å². The fourth-order valence-electron chi connectivity index (χ4n) is 2.22. The summed E-state index contributed by atoms with van der Waals surface area (Å²) in [5.74, 6) is -0.278. The summed E-state index contributed by atoms with van der Waals surface area (Å²) in [5.41, 5.74) is 1.53. The molecular formula is C12H13N3O2. The molecule has 0 radical (unpaired) electrons. The summed E-state index contributed by atoms with van der Waals surface area (Å²) in [6, 6.07) is 5.18. The van der Waals surface area contributed by atoms with Crippen molar-refractivity contribution in [3.8, 4) is 0 Å². The second kappa shape index (κ2) is 3.84. The molecule has 1 heterocycles. The Morgan fingerprint density at radius 3 is 2.94 bits per heavy atom. The van der Waals surface area contributed by atoms with Gasteiger partial charge in [0, 0.05) is 6.54 Å². The number of aromatic nitrogens is 3. The second-order valence-corrected chi connectivity index (χ2v) is 4.55. The number of carboxylic acids is 1. The van der Waals surface area contributed by atoms with Crippen LogP contribution < -0.4 is 0 Å². The predicted octanol–water partition coefficient (Wildman–Crippen LogP) is 1.93. The first kappa shape index (κ1) is 10.3. The van der Waals surface area contributed by atoms with Crippen molar-refractivity contribution in [1.29, 1.82) is 0 Å². The summed E-state index contributed by atoms with van der Waals surface area (Å²) in [6.45, 7) is 0.847. The molecule has 0 spiro atoms. The van der Waals surface area contributed by atoms with Gasteiger partial charge < -0.3 is 5.11 Å². The summed E-state index contributed by atoms with van der Waals surface area (Å²) in [7, 11) is 0. The largest absolute Gasteiger partial charge is 0.478 e. The molecule has 5 heteroatoms. The summed E-state index contributed by atoms with van der Waals surface area (Å²) >= 11 is 0. The molecule has 1 aliphatic carbocycles. The van der Waals surface area contributed by atoms with Gasteiger partial charge in [0.2, 0.25) is 0 Å². The lowest BCUT2D eigenvalue weighted by Crippen LogP contribution is -2.18.